The van der Waals surface area contributed by atoms with E-state index in [0.717, 1.165) is 6.07 Å². The van der Waals surface area contributed by atoms with Crippen LogP contribution in [-0.2, 0) is 4.74 Å². The normalized spacial score (nSPS) is 23.7. The van der Waals surface area contributed by atoms with Crippen molar-refractivity contribution in [2.75, 3.05) is 37.6 Å². The zero-order valence-electron chi connectivity index (χ0n) is 16.5. The van der Waals surface area contributed by atoms with Crippen LogP contribution in [0, 0.1) is 5.95 Å². The summed E-state index contributed by atoms with van der Waals surface area (Å²) in [4.78, 5) is 24.8. The summed E-state index contributed by atoms with van der Waals surface area (Å²) in [7, 11) is 0. The molecule has 0 saturated carbocycles. The number of halogens is 3. The van der Waals surface area contributed by atoms with Gasteiger partial charge >= 0.3 is 6.09 Å². The van der Waals surface area contributed by atoms with Crippen molar-refractivity contribution in [3.63, 3.8) is 0 Å². The van der Waals surface area contributed by atoms with Crippen LogP contribution in [0.5, 0.6) is 0 Å². The molecule has 0 N–H and O–H groups in total. The van der Waals surface area contributed by atoms with Gasteiger partial charge in [0.1, 0.15) is 11.4 Å². The van der Waals surface area contributed by atoms with Gasteiger partial charge in [0.2, 0.25) is 5.95 Å². The largest absolute Gasteiger partial charge is 0.444 e. The SMILES string of the molecule is C[C@@H]1[C@H](N2CCN(C(=O)OC(C)(C)C)CC2)CN1c1cc(F)nc(C(F)F)n1. The molecule has 0 radical (unpaired) electrons. The summed E-state index contributed by atoms with van der Waals surface area (Å²) in [5.41, 5.74) is -0.527. The molecular weight excluding hydrogens is 375 g/mol. The van der Waals surface area contributed by atoms with Crippen LogP contribution in [0.25, 0.3) is 0 Å². The van der Waals surface area contributed by atoms with Crippen molar-refractivity contribution < 1.29 is 22.7 Å². The van der Waals surface area contributed by atoms with Gasteiger partial charge in [-0.15, -0.1) is 0 Å². The third kappa shape index (κ3) is 4.48. The highest BCUT2D eigenvalue weighted by Crippen LogP contribution is 2.30. The van der Waals surface area contributed by atoms with Gasteiger partial charge in [-0.2, -0.15) is 9.37 Å². The van der Waals surface area contributed by atoms with Crippen LogP contribution in [0.1, 0.15) is 39.9 Å². The Hall–Kier alpha value is -2.10. The van der Waals surface area contributed by atoms with Gasteiger partial charge in [0.25, 0.3) is 6.43 Å². The van der Waals surface area contributed by atoms with Gasteiger partial charge in [0, 0.05) is 50.9 Å². The average molecular weight is 401 g/mol. The van der Waals surface area contributed by atoms with Crippen molar-refractivity contribution in [1.82, 2.24) is 19.8 Å². The second-order valence-electron chi connectivity index (χ2n) is 8.17. The predicted molar refractivity (Wildman–Crippen MR) is 96.9 cm³/mol. The molecular formula is C18H26F3N5O2. The molecule has 0 bridgehead atoms. The first-order valence-electron chi connectivity index (χ1n) is 9.36. The molecule has 2 aliphatic heterocycles. The fourth-order valence-corrected chi connectivity index (χ4v) is 3.54. The Balaban J connectivity index is 1.56. The van der Waals surface area contributed by atoms with Gasteiger partial charge in [-0.05, 0) is 27.7 Å². The summed E-state index contributed by atoms with van der Waals surface area (Å²) in [6.07, 6.45) is -3.23. The Morgan fingerprint density at radius 2 is 1.86 bits per heavy atom. The number of rotatable bonds is 3. The number of alkyl halides is 2. The van der Waals surface area contributed by atoms with Crippen molar-refractivity contribution in [3.05, 3.63) is 17.8 Å². The second-order valence-corrected chi connectivity index (χ2v) is 8.17. The molecule has 0 aliphatic carbocycles. The number of carbonyl (C=O) groups is 1. The van der Waals surface area contributed by atoms with Crippen molar-refractivity contribution >= 4 is 11.9 Å². The lowest BCUT2D eigenvalue weighted by molar-refractivity contribution is 0.00571. The molecule has 2 saturated heterocycles. The van der Waals surface area contributed by atoms with E-state index in [1.807, 2.05) is 27.7 Å². The Kier molecular flexibility index (Phi) is 5.69. The minimum atomic E-state index is -2.91. The molecule has 10 heteroatoms. The first kappa shape index (κ1) is 20.6. The zero-order valence-corrected chi connectivity index (χ0v) is 16.5. The lowest BCUT2D eigenvalue weighted by atomic mass is 9.95. The van der Waals surface area contributed by atoms with Crippen molar-refractivity contribution in [2.45, 2.75) is 51.8 Å². The van der Waals surface area contributed by atoms with E-state index in [1.165, 1.54) is 0 Å². The number of hydrogen-bond acceptors (Lipinski definition) is 6. The van der Waals surface area contributed by atoms with Crippen LogP contribution in [0.4, 0.5) is 23.8 Å². The van der Waals surface area contributed by atoms with E-state index in [-0.39, 0.29) is 24.0 Å². The maximum atomic E-state index is 13.6. The molecule has 2 aliphatic rings. The highest BCUT2D eigenvalue weighted by Gasteiger charge is 2.42. The Morgan fingerprint density at radius 3 is 2.39 bits per heavy atom. The van der Waals surface area contributed by atoms with Crippen LogP contribution in [-0.4, -0.2) is 76.3 Å². The number of piperazine rings is 1. The van der Waals surface area contributed by atoms with Gasteiger partial charge in [-0.3, -0.25) is 4.90 Å². The van der Waals surface area contributed by atoms with Gasteiger partial charge in [0.15, 0.2) is 5.82 Å². The number of aromatic nitrogens is 2. The average Bonchev–Trinajstić information content (AvgIpc) is 2.59. The summed E-state index contributed by atoms with van der Waals surface area (Å²) in [6.45, 7) is 10.5. The number of hydrogen-bond donors (Lipinski definition) is 0. The standard InChI is InChI=1S/C18H26F3N5O2/c1-11-12(10-26(11)14-9-13(19)22-16(23-14)15(20)21)24-5-7-25(8-6-24)17(27)28-18(2,3)4/h9,11-12,15H,5-8,10H2,1-4H3/t11-,12-/m1/s1. The molecule has 2 fully saturated rings. The number of carbonyl (C=O) groups excluding carboxylic acids is 1. The quantitative estimate of drug-likeness (QED) is 0.726. The first-order chi connectivity index (χ1) is 13.0. The predicted octanol–water partition coefficient (Wildman–Crippen LogP) is 2.68. The highest BCUT2D eigenvalue weighted by atomic mass is 19.3. The third-order valence-electron chi connectivity index (χ3n) is 5.06. The van der Waals surface area contributed by atoms with E-state index < -0.39 is 23.8 Å². The summed E-state index contributed by atoms with van der Waals surface area (Å²) in [5.74, 6) is -1.57. The highest BCUT2D eigenvalue weighted by molar-refractivity contribution is 5.68. The molecule has 3 rings (SSSR count). The molecule has 28 heavy (non-hydrogen) atoms. The van der Waals surface area contributed by atoms with E-state index in [4.69, 9.17) is 4.74 Å². The summed E-state index contributed by atoms with van der Waals surface area (Å²) in [5, 5.41) is 0. The van der Waals surface area contributed by atoms with Crippen LogP contribution < -0.4 is 4.90 Å². The van der Waals surface area contributed by atoms with E-state index in [2.05, 4.69) is 14.9 Å². The summed E-state index contributed by atoms with van der Waals surface area (Å²) >= 11 is 0. The lowest BCUT2D eigenvalue weighted by Gasteiger charge is -2.53. The fourth-order valence-electron chi connectivity index (χ4n) is 3.54. The van der Waals surface area contributed by atoms with Crippen LogP contribution in [0.15, 0.2) is 6.07 Å². The van der Waals surface area contributed by atoms with Crippen molar-refractivity contribution in [1.29, 1.82) is 0 Å². The molecule has 0 aromatic carbocycles. The number of amides is 1. The second kappa shape index (κ2) is 7.73. The molecule has 0 spiro atoms. The molecule has 1 aromatic heterocycles. The number of anilines is 1. The van der Waals surface area contributed by atoms with E-state index in [9.17, 15) is 18.0 Å². The van der Waals surface area contributed by atoms with Gasteiger partial charge < -0.3 is 14.5 Å². The minimum absolute atomic E-state index is 0.00657. The Bertz CT molecular complexity index is 720. The van der Waals surface area contributed by atoms with E-state index in [1.54, 1.807) is 9.80 Å². The molecule has 156 valence electrons. The smallest absolute Gasteiger partial charge is 0.410 e. The fraction of sp³-hybridized carbons (Fsp3) is 0.722. The molecule has 3 heterocycles. The lowest BCUT2D eigenvalue weighted by Crippen LogP contribution is -2.68. The third-order valence-corrected chi connectivity index (χ3v) is 5.06. The zero-order chi connectivity index (χ0) is 20.6. The minimum Gasteiger partial charge on any atom is -0.444 e. The van der Waals surface area contributed by atoms with Crippen molar-refractivity contribution in [2.24, 2.45) is 0 Å². The summed E-state index contributed by atoms with van der Waals surface area (Å²) in [6, 6.07) is 1.26. The van der Waals surface area contributed by atoms with Crippen LogP contribution in [0.2, 0.25) is 0 Å². The topological polar surface area (TPSA) is 61.8 Å². The van der Waals surface area contributed by atoms with E-state index in [0.29, 0.717) is 32.7 Å². The maximum absolute atomic E-state index is 13.6. The molecule has 7 nitrogen and oxygen atoms in total. The maximum Gasteiger partial charge on any atom is 0.410 e. The van der Waals surface area contributed by atoms with Crippen LogP contribution >= 0.6 is 0 Å². The number of ether oxygens (including phenoxy) is 1. The monoisotopic (exact) mass is 401 g/mol. The molecule has 2 atom stereocenters. The molecule has 0 unspecified atom stereocenters. The Morgan fingerprint density at radius 1 is 1.21 bits per heavy atom. The van der Waals surface area contributed by atoms with Gasteiger partial charge in [0.05, 0.1) is 0 Å². The van der Waals surface area contributed by atoms with Crippen LogP contribution in [0.3, 0.4) is 0 Å². The molecule has 1 aromatic rings. The number of nitrogens with zero attached hydrogens (tertiary/aromatic N) is 5. The Labute approximate surface area is 162 Å². The van der Waals surface area contributed by atoms with Gasteiger partial charge in [-0.25, -0.2) is 18.6 Å². The molecule has 1 amide bonds. The van der Waals surface area contributed by atoms with E-state index >= 15 is 0 Å². The summed E-state index contributed by atoms with van der Waals surface area (Å²) < 4.78 is 44.6. The first-order valence-corrected chi connectivity index (χ1v) is 9.36. The van der Waals surface area contributed by atoms with Gasteiger partial charge in [-0.1, -0.05) is 0 Å². The van der Waals surface area contributed by atoms with Crippen molar-refractivity contribution in [3.8, 4) is 0 Å².